The third-order valence-corrected chi connectivity index (χ3v) is 5.54. The Hall–Kier alpha value is -2.15. The van der Waals surface area contributed by atoms with Crippen molar-refractivity contribution in [1.82, 2.24) is 9.97 Å². The molecule has 0 aliphatic rings. The molecule has 0 spiro atoms. The summed E-state index contributed by atoms with van der Waals surface area (Å²) < 4.78 is 24.9. The minimum atomic E-state index is -3.30. The summed E-state index contributed by atoms with van der Waals surface area (Å²) in [6.07, 6.45) is 1.74. The number of aryl methyl sites for hydroxylation is 1. The molecule has 26 heavy (non-hydrogen) atoms. The zero-order chi connectivity index (χ0) is 19.5. The largest absolute Gasteiger partial charge is 0.350 e. The summed E-state index contributed by atoms with van der Waals surface area (Å²) in [6.45, 7) is 11.8. The van der Waals surface area contributed by atoms with Crippen molar-refractivity contribution >= 4 is 27.3 Å². The highest BCUT2D eigenvalue weighted by atomic mass is 32.2. The summed E-state index contributed by atoms with van der Waals surface area (Å²) in [4.78, 5) is 9.12. The van der Waals surface area contributed by atoms with Crippen LogP contribution in [0.2, 0.25) is 0 Å². The van der Waals surface area contributed by atoms with Crippen LogP contribution in [0.4, 0.5) is 17.5 Å². The predicted octanol–water partition coefficient (Wildman–Crippen LogP) is 4.17. The molecule has 1 aromatic heterocycles. The molecule has 1 aromatic carbocycles. The number of sulfone groups is 1. The summed E-state index contributed by atoms with van der Waals surface area (Å²) in [5, 5.41) is 6.44. The van der Waals surface area contributed by atoms with E-state index >= 15 is 0 Å². The van der Waals surface area contributed by atoms with Crippen molar-refractivity contribution in [1.29, 1.82) is 0 Å². The molecule has 0 unspecified atom stereocenters. The molecule has 0 amide bonds. The van der Waals surface area contributed by atoms with Crippen LogP contribution in [0.3, 0.4) is 0 Å². The van der Waals surface area contributed by atoms with Gasteiger partial charge in [-0.05, 0) is 51.8 Å². The van der Waals surface area contributed by atoms with Crippen LogP contribution < -0.4 is 10.6 Å². The molecule has 0 atom stereocenters. The third-order valence-electron chi connectivity index (χ3n) is 3.47. The lowest BCUT2D eigenvalue weighted by Gasteiger charge is -2.21. The molecule has 0 aliphatic carbocycles. The fourth-order valence-corrected chi connectivity index (χ4v) is 4.07. The van der Waals surface area contributed by atoms with Crippen LogP contribution in [0.25, 0.3) is 0 Å². The Bertz CT molecular complexity index is 871. The van der Waals surface area contributed by atoms with Gasteiger partial charge in [-0.15, -0.1) is 0 Å². The van der Waals surface area contributed by atoms with Gasteiger partial charge in [-0.3, -0.25) is 0 Å². The van der Waals surface area contributed by atoms with E-state index < -0.39 is 9.84 Å². The van der Waals surface area contributed by atoms with E-state index in [-0.39, 0.29) is 17.2 Å². The van der Waals surface area contributed by atoms with Gasteiger partial charge in [-0.25, -0.2) is 13.4 Å². The van der Waals surface area contributed by atoms with Crippen molar-refractivity contribution in [3.05, 3.63) is 36.0 Å². The van der Waals surface area contributed by atoms with E-state index in [1.807, 2.05) is 47.6 Å². The average molecular weight is 377 g/mol. The second-order valence-corrected chi connectivity index (χ2v) is 9.96. The number of rotatable bonds is 6. The SMILES string of the molecule is Cc1cnc(NC(C)(C)C)nc1Nc1cccc(S(=O)(=O)CC(C)C)c1. The van der Waals surface area contributed by atoms with E-state index in [9.17, 15) is 8.42 Å². The van der Waals surface area contributed by atoms with Gasteiger partial charge in [0.05, 0.1) is 10.6 Å². The first kappa shape index (κ1) is 20.2. The Kier molecular flexibility index (Phi) is 5.91. The standard InChI is InChI=1S/C19H28N4O2S/c1-13(2)12-26(24,25)16-9-7-8-15(10-16)21-17-14(3)11-20-18(22-17)23-19(4,5)6/h7-11,13H,12H2,1-6H3,(H2,20,21,22,23). The first-order valence-corrected chi connectivity index (χ1v) is 10.3. The number of anilines is 3. The molecule has 1 heterocycles. The van der Waals surface area contributed by atoms with Gasteiger partial charge in [-0.1, -0.05) is 19.9 Å². The minimum Gasteiger partial charge on any atom is -0.350 e. The fourth-order valence-electron chi connectivity index (χ4n) is 2.40. The summed E-state index contributed by atoms with van der Waals surface area (Å²) in [7, 11) is -3.30. The van der Waals surface area contributed by atoms with Crippen LogP contribution in [0, 0.1) is 12.8 Å². The lowest BCUT2D eigenvalue weighted by molar-refractivity contribution is 0.582. The molecule has 142 valence electrons. The number of aromatic nitrogens is 2. The van der Waals surface area contributed by atoms with Crippen molar-refractivity contribution in [3.8, 4) is 0 Å². The summed E-state index contributed by atoms with van der Waals surface area (Å²) in [5.41, 5.74) is 1.40. The number of hydrogen-bond acceptors (Lipinski definition) is 6. The Balaban J connectivity index is 2.29. The van der Waals surface area contributed by atoms with E-state index in [2.05, 4.69) is 20.6 Å². The molecule has 7 heteroatoms. The van der Waals surface area contributed by atoms with E-state index in [0.29, 0.717) is 22.3 Å². The predicted molar refractivity (Wildman–Crippen MR) is 107 cm³/mol. The Morgan fingerprint density at radius 1 is 1.19 bits per heavy atom. The van der Waals surface area contributed by atoms with Gasteiger partial charge in [0.15, 0.2) is 9.84 Å². The Morgan fingerprint density at radius 2 is 1.88 bits per heavy atom. The smallest absolute Gasteiger partial charge is 0.225 e. The molecule has 0 saturated heterocycles. The highest BCUT2D eigenvalue weighted by Crippen LogP contribution is 2.23. The van der Waals surface area contributed by atoms with Crippen molar-refractivity contribution in [3.63, 3.8) is 0 Å². The minimum absolute atomic E-state index is 0.0757. The van der Waals surface area contributed by atoms with Crippen LogP contribution in [0.1, 0.15) is 40.2 Å². The molecular weight excluding hydrogens is 348 g/mol. The van der Waals surface area contributed by atoms with E-state index in [1.54, 1.807) is 24.4 Å². The monoisotopic (exact) mass is 376 g/mol. The van der Waals surface area contributed by atoms with Gasteiger partial charge >= 0.3 is 0 Å². The average Bonchev–Trinajstić information content (AvgIpc) is 2.48. The first-order chi connectivity index (χ1) is 12.0. The van der Waals surface area contributed by atoms with Crippen LogP contribution in [0.5, 0.6) is 0 Å². The van der Waals surface area contributed by atoms with Gasteiger partial charge in [0.2, 0.25) is 5.95 Å². The zero-order valence-corrected chi connectivity index (χ0v) is 17.1. The quantitative estimate of drug-likeness (QED) is 0.787. The maximum absolute atomic E-state index is 12.5. The molecule has 2 rings (SSSR count). The summed E-state index contributed by atoms with van der Waals surface area (Å²) >= 11 is 0. The number of hydrogen-bond donors (Lipinski definition) is 2. The van der Waals surface area contributed by atoms with Crippen LogP contribution in [0.15, 0.2) is 35.4 Å². The second kappa shape index (κ2) is 7.61. The third kappa shape index (κ3) is 5.69. The highest BCUT2D eigenvalue weighted by Gasteiger charge is 2.17. The van der Waals surface area contributed by atoms with E-state index in [1.165, 1.54) is 0 Å². The van der Waals surface area contributed by atoms with Crippen LogP contribution in [-0.4, -0.2) is 29.7 Å². The lowest BCUT2D eigenvalue weighted by atomic mass is 10.1. The number of nitrogens with zero attached hydrogens (tertiary/aromatic N) is 2. The molecule has 6 nitrogen and oxygen atoms in total. The van der Waals surface area contributed by atoms with Gasteiger partial charge in [0.25, 0.3) is 0 Å². The van der Waals surface area contributed by atoms with Crippen molar-refractivity contribution in [2.24, 2.45) is 5.92 Å². The molecule has 0 bridgehead atoms. The van der Waals surface area contributed by atoms with Crippen molar-refractivity contribution in [2.75, 3.05) is 16.4 Å². The number of benzene rings is 1. The maximum Gasteiger partial charge on any atom is 0.225 e. The lowest BCUT2D eigenvalue weighted by Crippen LogP contribution is -2.27. The van der Waals surface area contributed by atoms with Gasteiger partial charge in [0.1, 0.15) is 5.82 Å². The fraction of sp³-hybridized carbons (Fsp3) is 0.474. The zero-order valence-electron chi connectivity index (χ0n) is 16.3. The van der Waals surface area contributed by atoms with E-state index in [4.69, 9.17) is 0 Å². The molecule has 0 fully saturated rings. The molecule has 0 aliphatic heterocycles. The van der Waals surface area contributed by atoms with Crippen LogP contribution >= 0.6 is 0 Å². The Labute approximate surface area is 156 Å². The second-order valence-electron chi connectivity index (χ2n) is 7.93. The van der Waals surface area contributed by atoms with E-state index in [0.717, 1.165) is 5.56 Å². The summed E-state index contributed by atoms with van der Waals surface area (Å²) in [5.74, 6) is 1.37. The summed E-state index contributed by atoms with van der Waals surface area (Å²) in [6, 6.07) is 6.84. The number of nitrogens with one attached hydrogen (secondary N) is 2. The molecular formula is C19H28N4O2S. The highest BCUT2D eigenvalue weighted by molar-refractivity contribution is 7.91. The van der Waals surface area contributed by atoms with Crippen molar-refractivity contribution < 1.29 is 8.42 Å². The Morgan fingerprint density at radius 3 is 2.50 bits per heavy atom. The first-order valence-electron chi connectivity index (χ1n) is 8.68. The maximum atomic E-state index is 12.5. The van der Waals surface area contributed by atoms with Gasteiger partial charge in [0, 0.05) is 23.0 Å². The molecule has 0 saturated carbocycles. The van der Waals surface area contributed by atoms with Crippen molar-refractivity contribution in [2.45, 2.75) is 52.0 Å². The normalized spacial score (nSPS) is 12.3. The van der Waals surface area contributed by atoms with Crippen LogP contribution in [-0.2, 0) is 9.84 Å². The van der Waals surface area contributed by atoms with Gasteiger partial charge in [-0.2, -0.15) is 4.98 Å². The molecule has 2 aromatic rings. The molecule has 0 radical (unpaired) electrons. The van der Waals surface area contributed by atoms with Gasteiger partial charge < -0.3 is 10.6 Å². The molecule has 2 N–H and O–H groups in total. The topological polar surface area (TPSA) is 84.0 Å².